The topological polar surface area (TPSA) is 12.0 Å². The van der Waals surface area contributed by atoms with Crippen LogP contribution in [0, 0.1) is 18.3 Å². The Morgan fingerprint density at radius 1 is 1.33 bits per heavy atom. The van der Waals surface area contributed by atoms with Crippen LogP contribution in [0.25, 0.3) is 0 Å². The molecule has 0 spiro atoms. The van der Waals surface area contributed by atoms with E-state index < -0.39 is 0 Å². The van der Waals surface area contributed by atoms with Crippen molar-refractivity contribution in [2.45, 2.75) is 38.6 Å². The minimum Gasteiger partial charge on any atom is -0.325 e. The molecule has 1 radical (unpaired) electrons. The summed E-state index contributed by atoms with van der Waals surface area (Å²) < 4.78 is 0. The molecule has 2 rings (SSSR count). The van der Waals surface area contributed by atoms with Gasteiger partial charge in [-0.1, -0.05) is 25.2 Å². The second-order valence-electron chi connectivity index (χ2n) is 4.03. The third-order valence-electron chi connectivity index (χ3n) is 3.35. The van der Waals surface area contributed by atoms with E-state index >= 15 is 0 Å². The Kier molecular flexibility index (Phi) is 4.71. The zero-order valence-corrected chi connectivity index (χ0v) is 10.8. The molecule has 12 heavy (non-hydrogen) atoms. The van der Waals surface area contributed by atoms with Gasteiger partial charge in [0.2, 0.25) is 0 Å². The van der Waals surface area contributed by atoms with Crippen LogP contribution in [0.5, 0.6) is 0 Å². The Labute approximate surface area is 101 Å². The predicted octanol–water partition coefficient (Wildman–Crippen LogP) is 1.99. The summed E-state index contributed by atoms with van der Waals surface area (Å²) >= 11 is 0. The molecule has 1 aliphatic carbocycles. The quantitative estimate of drug-likeness (QED) is 0.639. The second-order valence-corrected chi connectivity index (χ2v) is 4.03. The van der Waals surface area contributed by atoms with Gasteiger partial charge in [-0.2, -0.15) is 12.3 Å². The fourth-order valence-electron chi connectivity index (χ4n) is 2.66. The van der Waals surface area contributed by atoms with Crippen LogP contribution < -0.4 is 5.32 Å². The summed E-state index contributed by atoms with van der Waals surface area (Å²) in [6.45, 7) is 3.58. The van der Waals surface area contributed by atoms with Gasteiger partial charge in [-0.25, -0.2) is 0 Å². The molecule has 67 valence electrons. The van der Waals surface area contributed by atoms with E-state index in [1.165, 1.54) is 32.2 Å². The van der Waals surface area contributed by atoms with E-state index in [4.69, 9.17) is 0 Å². The maximum absolute atomic E-state index is 3.56. The van der Waals surface area contributed by atoms with Crippen molar-refractivity contribution >= 4 is 0 Å². The van der Waals surface area contributed by atoms with Gasteiger partial charge in [0, 0.05) is 38.8 Å². The number of nitrogens with one attached hydrogen (secondary N) is 1. The van der Waals surface area contributed by atoms with E-state index in [-0.39, 0.29) is 32.7 Å². The molecule has 0 aromatic carbocycles. The van der Waals surface area contributed by atoms with Gasteiger partial charge in [0.1, 0.15) is 0 Å². The van der Waals surface area contributed by atoms with Crippen molar-refractivity contribution in [2.24, 2.45) is 11.8 Å². The Hall–Kier alpha value is 1.06. The number of piperidine rings is 1. The zero-order valence-electron chi connectivity index (χ0n) is 7.92. The van der Waals surface area contributed by atoms with Crippen LogP contribution in [0.2, 0.25) is 0 Å². The largest absolute Gasteiger partial charge is 0.325 e. The van der Waals surface area contributed by atoms with E-state index in [9.17, 15) is 0 Å². The van der Waals surface area contributed by atoms with Crippen molar-refractivity contribution < 1.29 is 32.7 Å². The van der Waals surface area contributed by atoms with Gasteiger partial charge >= 0.3 is 0 Å². The summed E-state index contributed by atoms with van der Waals surface area (Å²) in [5.74, 6) is 1.90. The molecule has 1 heterocycles. The van der Waals surface area contributed by atoms with Crippen molar-refractivity contribution in [3.05, 3.63) is 6.42 Å². The molecule has 3 unspecified atom stereocenters. The van der Waals surface area contributed by atoms with Crippen LogP contribution in [0.15, 0.2) is 0 Å². The summed E-state index contributed by atoms with van der Waals surface area (Å²) in [6.07, 6.45) is 8.19. The van der Waals surface area contributed by atoms with Crippen molar-refractivity contribution in [3.63, 3.8) is 0 Å². The smallest absolute Gasteiger partial charge is 0.00450 e. The summed E-state index contributed by atoms with van der Waals surface area (Å²) in [5.41, 5.74) is 0. The molecule has 1 saturated carbocycles. The average Bonchev–Trinajstić information content (AvgIpc) is 2.06. The summed E-state index contributed by atoms with van der Waals surface area (Å²) in [5, 5.41) is 3.56. The maximum Gasteiger partial charge on any atom is 0.00450 e. The normalized spacial score (nSPS) is 41.2. The van der Waals surface area contributed by atoms with Crippen LogP contribution in [0.4, 0.5) is 0 Å². The van der Waals surface area contributed by atoms with Gasteiger partial charge in [-0.3, -0.25) is 0 Å². The first-order chi connectivity index (χ1) is 5.38. The molecule has 2 aliphatic rings. The van der Waals surface area contributed by atoms with Crippen LogP contribution in [-0.2, 0) is 32.7 Å². The minimum absolute atomic E-state index is 0. The standard InChI is InChI=1S/C10H18N.Y/c1-8-10-5-3-2-4-9(10)6-7-11-8;/h4,8-11H,2-3,5-7H2,1H3;/q-1;. The second kappa shape index (κ2) is 5.07. The Bertz CT molecular complexity index is 136. The molecule has 1 saturated heterocycles. The first kappa shape index (κ1) is 11.1. The van der Waals surface area contributed by atoms with Gasteiger partial charge in [0.15, 0.2) is 0 Å². The zero-order chi connectivity index (χ0) is 7.68. The van der Waals surface area contributed by atoms with Crippen molar-refractivity contribution in [1.82, 2.24) is 5.32 Å². The minimum atomic E-state index is 0. The Morgan fingerprint density at radius 3 is 2.92 bits per heavy atom. The fraction of sp³-hybridized carbons (Fsp3) is 0.900. The molecule has 2 fully saturated rings. The third kappa shape index (κ3) is 2.30. The summed E-state index contributed by atoms with van der Waals surface area (Å²) in [6, 6.07) is 0.769. The van der Waals surface area contributed by atoms with Gasteiger partial charge in [0.25, 0.3) is 0 Å². The molecule has 0 amide bonds. The summed E-state index contributed by atoms with van der Waals surface area (Å²) in [4.78, 5) is 0. The molecular weight excluding hydrogens is 223 g/mol. The number of fused-ring (bicyclic) bond motifs is 1. The van der Waals surface area contributed by atoms with E-state index in [1.54, 1.807) is 0 Å². The maximum atomic E-state index is 3.56. The number of hydrogen-bond donors (Lipinski definition) is 1. The van der Waals surface area contributed by atoms with Gasteiger partial charge in [0.05, 0.1) is 0 Å². The van der Waals surface area contributed by atoms with Crippen molar-refractivity contribution in [2.75, 3.05) is 6.54 Å². The molecule has 1 nitrogen and oxygen atoms in total. The molecule has 0 aromatic rings. The Balaban J connectivity index is 0.000000720. The van der Waals surface area contributed by atoms with Crippen LogP contribution in [0.1, 0.15) is 32.6 Å². The SMILES string of the molecule is CC1NCCC2[CH-]CCCC21.[Y]. The first-order valence-electron chi connectivity index (χ1n) is 4.94. The summed E-state index contributed by atoms with van der Waals surface area (Å²) in [7, 11) is 0. The van der Waals surface area contributed by atoms with E-state index in [1.807, 2.05) is 0 Å². The van der Waals surface area contributed by atoms with Gasteiger partial charge in [-0.15, -0.1) is 0 Å². The third-order valence-corrected chi connectivity index (χ3v) is 3.35. The fourth-order valence-corrected chi connectivity index (χ4v) is 2.66. The molecule has 1 aliphatic heterocycles. The first-order valence-corrected chi connectivity index (χ1v) is 4.94. The van der Waals surface area contributed by atoms with Crippen LogP contribution in [-0.4, -0.2) is 12.6 Å². The van der Waals surface area contributed by atoms with Crippen molar-refractivity contribution in [3.8, 4) is 0 Å². The number of hydrogen-bond acceptors (Lipinski definition) is 1. The van der Waals surface area contributed by atoms with Crippen LogP contribution >= 0.6 is 0 Å². The van der Waals surface area contributed by atoms with E-state index in [2.05, 4.69) is 18.7 Å². The molecule has 2 heteroatoms. The monoisotopic (exact) mass is 241 g/mol. The van der Waals surface area contributed by atoms with Gasteiger partial charge < -0.3 is 11.7 Å². The molecule has 0 aromatic heterocycles. The van der Waals surface area contributed by atoms with Gasteiger partial charge in [-0.05, 0) is 13.5 Å². The van der Waals surface area contributed by atoms with E-state index in [0.717, 1.165) is 17.9 Å². The van der Waals surface area contributed by atoms with Crippen molar-refractivity contribution in [1.29, 1.82) is 0 Å². The molecule has 0 bridgehead atoms. The average molecular weight is 241 g/mol. The number of rotatable bonds is 0. The molecule has 3 atom stereocenters. The van der Waals surface area contributed by atoms with E-state index in [0.29, 0.717) is 0 Å². The predicted molar refractivity (Wildman–Crippen MR) is 47.2 cm³/mol. The molecule has 1 N–H and O–H groups in total. The molecular formula is C10H18NY-. The Morgan fingerprint density at radius 2 is 2.17 bits per heavy atom. The van der Waals surface area contributed by atoms with Crippen LogP contribution in [0.3, 0.4) is 0 Å².